The van der Waals surface area contributed by atoms with Crippen LogP contribution in [0.1, 0.15) is 28.6 Å². The summed E-state index contributed by atoms with van der Waals surface area (Å²) in [5.74, 6) is -0.309. The molecule has 0 fully saturated rings. The predicted molar refractivity (Wildman–Crippen MR) is 107 cm³/mol. The van der Waals surface area contributed by atoms with Crippen LogP contribution in [0.2, 0.25) is 0 Å². The molecule has 1 amide bonds. The summed E-state index contributed by atoms with van der Waals surface area (Å²) in [6.07, 6.45) is 0.970. The number of benzene rings is 2. The van der Waals surface area contributed by atoms with Gasteiger partial charge >= 0.3 is 0 Å². The first-order valence-electron chi connectivity index (χ1n) is 8.77. The van der Waals surface area contributed by atoms with Crippen LogP contribution in [0.3, 0.4) is 0 Å². The van der Waals surface area contributed by atoms with Gasteiger partial charge < -0.3 is 9.30 Å². The zero-order valence-electron chi connectivity index (χ0n) is 15.7. The maximum absolute atomic E-state index is 12.4. The number of methoxy groups -OCH3 is 1. The fraction of sp³-hybridized carbons (Fsp3) is 0.182. The highest BCUT2D eigenvalue weighted by molar-refractivity contribution is 5.86. The summed E-state index contributed by atoms with van der Waals surface area (Å²) in [6.45, 7) is 4.08. The summed E-state index contributed by atoms with van der Waals surface area (Å²) in [7, 11) is 1.51. The van der Waals surface area contributed by atoms with Gasteiger partial charge in [0, 0.05) is 29.7 Å². The predicted octanol–water partition coefficient (Wildman–Crippen LogP) is 3.93. The summed E-state index contributed by atoms with van der Waals surface area (Å²) in [4.78, 5) is 12.4. The second-order valence-corrected chi connectivity index (χ2v) is 6.26. The number of carbonyl (C=O) groups excluding carboxylic acids is 1. The van der Waals surface area contributed by atoms with Crippen molar-refractivity contribution in [1.29, 1.82) is 0 Å². The molecule has 0 bridgehead atoms. The molecule has 3 rings (SSSR count). The smallest absolute Gasteiger partial charge is 0.273 e. The first-order valence-corrected chi connectivity index (χ1v) is 8.77. The number of carbonyl (C=O) groups is 1. The standard InChI is InChI=1S/C22H23N3O2/c1-16-14-19(17(2)25(16)20-12-8-5-9-13-20)15-23-24-22(26)21(27-3)18-10-6-4-7-11-18/h4-15,21H,1-3H3,(H,24,26)/b23-15-/t21-/m0/s1. The van der Waals surface area contributed by atoms with E-state index in [0.717, 1.165) is 28.2 Å². The van der Waals surface area contributed by atoms with Gasteiger partial charge in [0.05, 0.1) is 6.21 Å². The number of para-hydroxylation sites is 1. The Balaban J connectivity index is 1.74. The Morgan fingerprint density at radius 2 is 1.70 bits per heavy atom. The Bertz CT molecular complexity index is 931. The van der Waals surface area contributed by atoms with Gasteiger partial charge in [0.1, 0.15) is 0 Å². The minimum atomic E-state index is -0.694. The van der Waals surface area contributed by atoms with Gasteiger partial charge in [-0.05, 0) is 37.6 Å². The molecule has 1 atom stereocenters. The number of nitrogens with one attached hydrogen (secondary N) is 1. The molecule has 27 heavy (non-hydrogen) atoms. The maximum Gasteiger partial charge on any atom is 0.273 e. The largest absolute Gasteiger partial charge is 0.367 e. The second kappa shape index (κ2) is 8.47. The first-order chi connectivity index (χ1) is 13.1. The van der Waals surface area contributed by atoms with Gasteiger partial charge in [-0.25, -0.2) is 5.43 Å². The van der Waals surface area contributed by atoms with Crippen molar-refractivity contribution in [3.63, 3.8) is 0 Å². The number of amides is 1. The highest BCUT2D eigenvalue weighted by Gasteiger charge is 2.19. The molecule has 0 unspecified atom stereocenters. The normalized spacial score (nSPS) is 12.3. The lowest BCUT2D eigenvalue weighted by atomic mass is 10.1. The molecular weight excluding hydrogens is 338 g/mol. The molecule has 0 spiro atoms. The molecule has 5 heteroatoms. The van der Waals surface area contributed by atoms with Crippen molar-refractivity contribution in [3.05, 3.63) is 89.2 Å². The van der Waals surface area contributed by atoms with Crippen molar-refractivity contribution in [2.75, 3.05) is 7.11 Å². The first kappa shape index (κ1) is 18.6. The van der Waals surface area contributed by atoms with Crippen molar-refractivity contribution in [2.45, 2.75) is 20.0 Å². The molecule has 138 valence electrons. The number of hydrogen-bond acceptors (Lipinski definition) is 3. The fourth-order valence-electron chi connectivity index (χ4n) is 3.14. The SMILES string of the molecule is CO[C@H](C(=O)N/N=C\c1cc(C)n(-c2ccccc2)c1C)c1ccccc1. The lowest BCUT2D eigenvalue weighted by Crippen LogP contribution is -2.26. The van der Waals surface area contributed by atoms with Crippen molar-refractivity contribution in [2.24, 2.45) is 5.10 Å². The number of rotatable bonds is 6. The van der Waals surface area contributed by atoms with E-state index in [1.807, 2.05) is 68.4 Å². The number of nitrogens with zero attached hydrogens (tertiary/aromatic N) is 2. The van der Waals surface area contributed by atoms with Gasteiger partial charge in [-0.2, -0.15) is 5.10 Å². The van der Waals surface area contributed by atoms with Gasteiger partial charge in [-0.1, -0.05) is 48.5 Å². The van der Waals surface area contributed by atoms with Crippen LogP contribution in [-0.2, 0) is 9.53 Å². The van der Waals surface area contributed by atoms with Crippen LogP contribution in [-0.4, -0.2) is 23.8 Å². The zero-order chi connectivity index (χ0) is 19.2. The van der Waals surface area contributed by atoms with Gasteiger partial charge in [0.15, 0.2) is 6.10 Å². The quantitative estimate of drug-likeness (QED) is 0.534. The molecule has 5 nitrogen and oxygen atoms in total. The lowest BCUT2D eigenvalue weighted by Gasteiger charge is -2.13. The topological polar surface area (TPSA) is 55.6 Å². The number of hydrazone groups is 1. The van der Waals surface area contributed by atoms with E-state index in [-0.39, 0.29) is 5.91 Å². The van der Waals surface area contributed by atoms with Crippen molar-refractivity contribution >= 4 is 12.1 Å². The van der Waals surface area contributed by atoms with Crippen LogP contribution < -0.4 is 5.43 Å². The van der Waals surface area contributed by atoms with Crippen LogP contribution in [0.4, 0.5) is 0 Å². The molecule has 0 saturated heterocycles. The van der Waals surface area contributed by atoms with Crippen LogP contribution in [0.5, 0.6) is 0 Å². The molecule has 0 aliphatic carbocycles. The van der Waals surface area contributed by atoms with E-state index in [9.17, 15) is 4.79 Å². The number of ether oxygens (including phenoxy) is 1. The summed E-state index contributed by atoms with van der Waals surface area (Å²) < 4.78 is 7.47. The summed E-state index contributed by atoms with van der Waals surface area (Å²) in [5, 5.41) is 4.13. The summed E-state index contributed by atoms with van der Waals surface area (Å²) in [6, 6.07) is 21.5. The van der Waals surface area contributed by atoms with Gasteiger partial charge in [-0.15, -0.1) is 0 Å². The molecule has 1 aromatic heterocycles. The number of aryl methyl sites for hydroxylation is 1. The van der Waals surface area contributed by atoms with E-state index in [0.29, 0.717) is 0 Å². The minimum Gasteiger partial charge on any atom is -0.367 e. The maximum atomic E-state index is 12.4. The van der Waals surface area contributed by atoms with E-state index in [4.69, 9.17) is 4.74 Å². The molecular formula is C22H23N3O2. The highest BCUT2D eigenvalue weighted by atomic mass is 16.5. The van der Waals surface area contributed by atoms with E-state index in [1.54, 1.807) is 6.21 Å². The average molecular weight is 361 g/mol. The van der Waals surface area contributed by atoms with Crippen LogP contribution in [0.25, 0.3) is 5.69 Å². The third-order valence-corrected chi connectivity index (χ3v) is 4.44. The molecule has 0 aliphatic rings. The van der Waals surface area contributed by atoms with Gasteiger partial charge in [0.25, 0.3) is 5.91 Å². The highest BCUT2D eigenvalue weighted by Crippen LogP contribution is 2.19. The Morgan fingerprint density at radius 3 is 2.33 bits per heavy atom. The van der Waals surface area contributed by atoms with E-state index >= 15 is 0 Å². The van der Waals surface area contributed by atoms with Crippen LogP contribution >= 0.6 is 0 Å². The molecule has 2 aromatic carbocycles. The molecule has 0 saturated carbocycles. The lowest BCUT2D eigenvalue weighted by molar-refractivity contribution is -0.131. The third-order valence-electron chi connectivity index (χ3n) is 4.44. The Kier molecular flexibility index (Phi) is 5.84. The molecule has 1 heterocycles. The van der Waals surface area contributed by atoms with Crippen molar-refractivity contribution < 1.29 is 9.53 Å². The second-order valence-electron chi connectivity index (χ2n) is 6.26. The van der Waals surface area contributed by atoms with Crippen LogP contribution in [0.15, 0.2) is 71.8 Å². The fourth-order valence-corrected chi connectivity index (χ4v) is 3.14. The molecule has 0 aliphatic heterocycles. The number of hydrogen-bond donors (Lipinski definition) is 1. The summed E-state index contributed by atoms with van der Waals surface area (Å²) in [5.41, 5.74) is 7.57. The van der Waals surface area contributed by atoms with Crippen LogP contribution in [0, 0.1) is 13.8 Å². The van der Waals surface area contributed by atoms with E-state index < -0.39 is 6.10 Å². The molecule has 0 radical (unpaired) electrons. The Hall–Kier alpha value is -3.18. The minimum absolute atomic E-state index is 0.309. The van der Waals surface area contributed by atoms with Gasteiger partial charge in [-0.3, -0.25) is 4.79 Å². The molecule has 3 aromatic rings. The van der Waals surface area contributed by atoms with Gasteiger partial charge in [0.2, 0.25) is 0 Å². The monoisotopic (exact) mass is 361 g/mol. The summed E-state index contributed by atoms with van der Waals surface area (Å²) >= 11 is 0. The Morgan fingerprint density at radius 1 is 1.07 bits per heavy atom. The van der Waals surface area contributed by atoms with E-state index in [1.165, 1.54) is 7.11 Å². The zero-order valence-corrected chi connectivity index (χ0v) is 15.7. The average Bonchev–Trinajstić information content (AvgIpc) is 2.97. The Labute approximate surface area is 159 Å². The third kappa shape index (κ3) is 4.15. The van der Waals surface area contributed by atoms with E-state index in [2.05, 4.69) is 27.2 Å². The van der Waals surface area contributed by atoms with Crippen molar-refractivity contribution in [3.8, 4) is 5.69 Å². The number of aromatic nitrogens is 1. The van der Waals surface area contributed by atoms with Crippen molar-refractivity contribution in [1.82, 2.24) is 9.99 Å². The molecule has 1 N–H and O–H groups in total.